The highest BCUT2D eigenvalue weighted by atomic mass is 19.1. The Kier molecular flexibility index (Phi) is 4.90. The van der Waals surface area contributed by atoms with Gasteiger partial charge in [0, 0.05) is 19.1 Å². The van der Waals surface area contributed by atoms with Gasteiger partial charge in [0.2, 0.25) is 0 Å². The molecule has 0 radical (unpaired) electrons. The van der Waals surface area contributed by atoms with Gasteiger partial charge in [0.1, 0.15) is 5.82 Å². The van der Waals surface area contributed by atoms with E-state index in [0.29, 0.717) is 19.1 Å². The van der Waals surface area contributed by atoms with Gasteiger partial charge in [0.15, 0.2) is 0 Å². The van der Waals surface area contributed by atoms with Gasteiger partial charge in [-0.15, -0.1) is 0 Å². The zero-order valence-corrected chi connectivity index (χ0v) is 10.2. The second-order valence-electron chi connectivity index (χ2n) is 4.50. The van der Waals surface area contributed by atoms with Crippen molar-refractivity contribution in [2.45, 2.75) is 39.5 Å². The fourth-order valence-corrected chi connectivity index (χ4v) is 1.67. The van der Waals surface area contributed by atoms with Gasteiger partial charge in [-0.25, -0.2) is 4.39 Å². The quantitative estimate of drug-likeness (QED) is 0.832. The maximum absolute atomic E-state index is 13.0. The van der Waals surface area contributed by atoms with Crippen LogP contribution in [-0.4, -0.2) is 28.7 Å². The number of benzene rings is 1. The molecule has 1 N–H and O–H groups in total. The summed E-state index contributed by atoms with van der Waals surface area (Å²) in [6.07, 6.45) is -0.365. The predicted molar refractivity (Wildman–Crippen MR) is 63.6 cm³/mol. The van der Waals surface area contributed by atoms with Crippen molar-refractivity contribution < 1.29 is 9.50 Å². The first kappa shape index (κ1) is 13.1. The monoisotopic (exact) mass is 225 g/mol. The summed E-state index contributed by atoms with van der Waals surface area (Å²) >= 11 is 0. The summed E-state index contributed by atoms with van der Waals surface area (Å²) in [4.78, 5) is 2.12. The lowest BCUT2D eigenvalue weighted by atomic mass is 10.1. The molecule has 0 saturated heterocycles. The Morgan fingerprint density at radius 1 is 1.31 bits per heavy atom. The first-order valence-corrected chi connectivity index (χ1v) is 5.65. The Morgan fingerprint density at radius 3 is 2.50 bits per heavy atom. The summed E-state index contributed by atoms with van der Waals surface area (Å²) in [6, 6.07) is 6.93. The maximum atomic E-state index is 13.0. The Labute approximate surface area is 96.7 Å². The highest BCUT2D eigenvalue weighted by molar-refractivity contribution is 5.16. The van der Waals surface area contributed by atoms with Gasteiger partial charge < -0.3 is 5.11 Å². The van der Waals surface area contributed by atoms with Crippen molar-refractivity contribution in [3.8, 4) is 0 Å². The molecule has 0 aromatic heterocycles. The lowest BCUT2D eigenvalue weighted by molar-refractivity contribution is 0.103. The first-order chi connectivity index (χ1) is 7.49. The molecule has 0 amide bonds. The summed E-state index contributed by atoms with van der Waals surface area (Å²) in [5, 5.41) is 9.39. The molecule has 0 aliphatic heterocycles. The van der Waals surface area contributed by atoms with E-state index in [1.165, 1.54) is 12.1 Å². The summed E-state index contributed by atoms with van der Waals surface area (Å²) in [5.74, 6) is -0.210. The predicted octanol–water partition coefficient (Wildman–Crippen LogP) is 2.42. The topological polar surface area (TPSA) is 23.5 Å². The van der Waals surface area contributed by atoms with Crippen LogP contribution in [0.2, 0.25) is 0 Å². The molecule has 0 aliphatic carbocycles. The average Bonchev–Trinajstić information content (AvgIpc) is 2.15. The molecule has 0 spiro atoms. The number of halogens is 1. The Hall–Kier alpha value is -0.930. The van der Waals surface area contributed by atoms with E-state index in [1.54, 1.807) is 13.0 Å². The molecule has 1 atom stereocenters. The summed E-state index contributed by atoms with van der Waals surface area (Å²) < 4.78 is 13.0. The second kappa shape index (κ2) is 5.97. The highest BCUT2D eigenvalue weighted by Crippen LogP contribution is 2.10. The van der Waals surface area contributed by atoms with Crippen LogP contribution in [0.4, 0.5) is 4.39 Å². The number of aliphatic hydroxyl groups is 1. The molecule has 0 bridgehead atoms. The fourth-order valence-electron chi connectivity index (χ4n) is 1.67. The van der Waals surface area contributed by atoms with Gasteiger partial charge in [-0.2, -0.15) is 0 Å². The van der Waals surface area contributed by atoms with Gasteiger partial charge in [-0.3, -0.25) is 4.90 Å². The highest BCUT2D eigenvalue weighted by Gasteiger charge is 2.12. The van der Waals surface area contributed by atoms with Gasteiger partial charge in [0.05, 0.1) is 6.10 Å². The molecule has 1 aromatic carbocycles. The molecule has 1 aromatic rings. The zero-order valence-electron chi connectivity index (χ0n) is 10.2. The first-order valence-electron chi connectivity index (χ1n) is 5.65. The van der Waals surface area contributed by atoms with Crippen LogP contribution in [0.15, 0.2) is 24.3 Å². The van der Waals surface area contributed by atoms with E-state index in [-0.39, 0.29) is 11.9 Å². The van der Waals surface area contributed by atoms with E-state index < -0.39 is 0 Å². The van der Waals surface area contributed by atoms with Crippen molar-refractivity contribution in [2.75, 3.05) is 6.54 Å². The van der Waals surface area contributed by atoms with Crippen molar-refractivity contribution in [2.24, 2.45) is 0 Å². The average molecular weight is 225 g/mol. The van der Waals surface area contributed by atoms with Crippen molar-refractivity contribution in [3.63, 3.8) is 0 Å². The second-order valence-corrected chi connectivity index (χ2v) is 4.50. The molecule has 3 heteroatoms. The molecule has 1 unspecified atom stereocenters. The van der Waals surface area contributed by atoms with Gasteiger partial charge >= 0.3 is 0 Å². The zero-order chi connectivity index (χ0) is 12.1. The smallest absolute Gasteiger partial charge is 0.123 e. The molecule has 0 saturated carbocycles. The summed E-state index contributed by atoms with van der Waals surface area (Å²) in [7, 11) is 0. The van der Waals surface area contributed by atoms with Crippen molar-refractivity contribution >= 4 is 0 Å². The van der Waals surface area contributed by atoms with Crippen LogP contribution in [0.1, 0.15) is 26.3 Å². The number of hydrogen-bond acceptors (Lipinski definition) is 2. The van der Waals surface area contributed by atoms with Crippen LogP contribution in [0.25, 0.3) is 0 Å². The third-order valence-electron chi connectivity index (χ3n) is 2.50. The molecular weight excluding hydrogens is 205 g/mol. The lowest BCUT2D eigenvalue weighted by Gasteiger charge is -2.27. The van der Waals surface area contributed by atoms with E-state index in [4.69, 9.17) is 0 Å². The molecule has 2 nitrogen and oxygen atoms in total. The minimum absolute atomic E-state index is 0.210. The number of aliphatic hydroxyl groups excluding tert-OH is 1. The van der Waals surface area contributed by atoms with E-state index in [2.05, 4.69) is 18.7 Å². The van der Waals surface area contributed by atoms with Crippen LogP contribution < -0.4 is 0 Å². The van der Waals surface area contributed by atoms with E-state index in [1.807, 2.05) is 6.07 Å². The van der Waals surface area contributed by atoms with E-state index in [0.717, 1.165) is 5.56 Å². The van der Waals surface area contributed by atoms with Crippen LogP contribution in [0, 0.1) is 5.82 Å². The van der Waals surface area contributed by atoms with Crippen LogP contribution >= 0.6 is 0 Å². The molecule has 90 valence electrons. The van der Waals surface area contributed by atoms with Crippen molar-refractivity contribution in [1.82, 2.24) is 4.90 Å². The number of hydrogen-bond donors (Lipinski definition) is 1. The summed E-state index contributed by atoms with van der Waals surface area (Å²) in [6.45, 7) is 7.18. The third-order valence-corrected chi connectivity index (χ3v) is 2.50. The largest absolute Gasteiger partial charge is 0.392 e. The number of rotatable bonds is 5. The lowest BCUT2D eigenvalue weighted by Crippen LogP contribution is -2.36. The van der Waals surface area contributed by atoms with Crippen LogP contribution in [0.3, 0.4) is 0 Å². The Balaban J connectivity index is 2.68. The minimum atomic E-state index is -0.365. The molecule has 0 heterocycles. The third kappa shape index (κ3) is 4.29. The van der Waals surface area contributed by atoms with Gasteiger partial charge in [0.25, 0.3) is 0 Å². The Bertz CT molecular complexity index is 325. The minimum Gasteiger partial charge on any atom is -0.392 e. The van der Waals surface area contributed by atoms with Crippen LogP contribution in [-0.2, 0) is 6.54 Å². The van der Waals surface area contributed by atoms with Gasteiger partial charge in [-0.05, 0) is 38.5 Å². The Morgan fingerprint density at radius 2 is 2.00 bits per heavy atom. The fraction of sp³-hybridized carbons (Fsp3) is 0.538. The molecule has 0 aliphatic rings. The van der Waals surface area contributed by atoms with Gasteiger partial charge in [-0.1, -0.05) is 12.1 Å². The van der Waals surface area contributed by atoms with E-state index >= 15 is 0 Å². The molecule has 0 fully saturated rings. The molecule has 16 heavy (non-hydrogen) atoms. The normalized spacial score (nSPS) is 13.4. The van der Waals surface area contributed by atoms with Crippen molar-refractivity contribution in [1.29, 1.82) is 0 Å². The molecule has 1 rings (SSSR count). The van der Waals surface area contributed by atoms with Crippen LogP contribution in [0.5, 0.6) is 0 Å². The molecular formula is C13H20FNO. The SMILES string of the molecule is CC(O)CN(Cc1cccc(F)c1)C(C)C. The number of nitrogens with zero attached hydrogens (tertiary/aromatic N) is 1. The summed E-state index contributed by atoms with van der Waals surface area (Å²) in [5.41, 5.74) is 0.939. The standard InChI is InChI=1S/C13H20FNO/c1-10(2)15(8-11(3)16)9-12-5-4-6-13(14)7-12/h4-7,10-11,16H,8-9H2,1-3H3. The van der Waals surface area contributed by atoms with E-state index in [9.17, 15) is 9.50 Å². The van der Waals surface area contributed by atoms with Crippen molar-refractivity contribution in [3.05, 3.63) is 35.6 Å². The maximum Gasteiger partial charge on any atom is 0.123 e.